The summed E-state index contributed by atoms with van der Waals surface area (Å²) in [7, 11) is 0. The second kappa shape index (κ2) is 5.44. The van der Waals surface area contributed by atoms with Crippen molar-refractivity contribution in [2.45, 2.75) is 26.3 Å². The maximum Gasteiger partial charge on any atom is 0.419 e. The fourth-order valence-electron chi connectivity index (χ4n) is 1.78. The molecule has 20 heavy (non-hydrogen) atoms. The van der Waals surface area contributed by atoms with Crippen LogP contribution in [0.15, 0.2) is 30.5 Å². The van der Waals surface area contributed by atoms with Crippen LogP contribution in [0.2, 0.25) is 0 Å². The lowest BCUT2D eigenvalue weighted by Gasteiger charge is -2.13. The van der Waals surface area contributed by atoms with E-state index in [1.165, 1.54) is 24.4 Å². The highest BCUT2D eigenvalue weighted by molar-refractivity contribution is 5.40. The van der Waals surface area contributed by atoms with E-state index < -0.39 is 11.7 Å². The molecule has 0 amide bonds. The number of rotatable bonds is 4. The summed E-state index contributed by atoms with van der Waals surface area (Å²) in [5, 5.41) is 4.01. The van der Waals surface area contributed by atoms with Gasteiger partial charge in [0.15, 0.2) is 0 Å². The highest BCUT2D eigenvalue weighted by Crippen LogP contribution is 2.36. The SMILES string of the molecule is CCn1ncc(COc2ccccc2C(F)(F)F)c1N. The van der Waals surface area contributed by atoms with Crippen molar-refractivity contribution in [3.8, 4) is 5.75 Å². The lowest BCUT2D eigenvalue weighted by atomic mass is 10.2. The summed E-state index contributed by atoms with van der Waals surface area (Å²) in [5.74, 6) is 0.181. The van der Waals surface area contributed by atoms with E-state index in [1.54, 1.807) is 4.68 Å². The van der Waals surface area contributed by atoms with Gasteiger partial charge in [0, 0.05) is 6.54 Å². The molecule has 2 rings (SSSR count). The van der Waals surface area contributed by atoms with Gasteiger partial charge in [-0.25, -0.2) is 0 Å². The summed E-state index contributed by atoms with van der Waals surface area (Å²) in [6.07, 6.45) is -2.95. The predicted octanol–water partition coefficient (Wildman–Crippen LogP) is 3.08. The van der Waals surface area contributed by atoms with E-state index in [4.69, 9.17) is 10.5 Å². The van der Waals surface area contributed by atoms with Gasteiger partial charge in [0.05, 0.1) is 17.3 Å². The second-order valence-electron chi connectivity index (χ2n) is 4.15. The Labute approximate surface area is 114 Å². The van der Waals surface area contributed by atoms with E-state index in [1.807, 2.05) is 6.92 Å². The first kappa shape index (κ1) is 14.2. The quantitative estimate of drug-likeness (QED) is 0.939. The normalized spacial score (nSPS) is 11.6. The number of halogens is 3. The van der Waals surface area contributed by atoms with Crippen LogP contribution in [-0.2, 0) is 19.3 Å². The van der Waals surface area contributed by atoms with Crippen molar-refractivity contribution in [3.63, 3.8) is 0 Å². The molecule has 1 aromatic carbocycles. The molecule has 1 heterocycles. The molecule has 0 aliphatic heterocycles. The fourth-order valence-corrected chi connectivity index (χ4v) is 1.78. The molecule has 1 aromatic heterocycles. The van der Waals surface area contributed by atoms with Crippen molar-refractivity contribution in [1.82, 2.24) is 9.78 Å². The van der Waals surface area contributed by atoms with Gasteiger partial charge in [0.25, 0.3) is 0 Å². The zero-order valence-electron chi connectivity index (χ0n) is 10.8. The molecule has 0 bridgehead atoms. The van der Waals surface area contributed by atoms with Crippen LogP contribution in [0.3, 0.4) is 0 Å². The zero-order valence-corrected chi connectivity index (χ0v) is 10.8. The molecule has 2 aromatic rings. The minimum absolute atomic E-state index is 0.0566. The Bertz CT molecular complexity index is 593. The maximum atomic E-state index is 12.8. The van der Waals surface area contributed by atoms with Gasteiger partial charge in [-0.15, -0.1) is 0 Å². The van der Waals surface area contributed by atoms with Gasteiger partial charge >= 0.3 is 6.18 Å². The molecule has 0 aliphatic rings. The number of aromatic nitrogens is 2. The molecule has 108 valence electrons. The molecule has 0 unspecified atom stereocenters. The van der Waals surface area contributed by atoms with Gasteiger partial charge in [-0.2, -0.15) is 18.3 Å². The van der Waals surface area contributed by atoms with E-state index in [0.717, 1.165) is 6.07 Å². The number of nitrogens with two attached hydrogens (primary N) is 1. The number of hydrogen-bond acceptors (Lipinski definition) is 3. The molecule has 7 heteroatoms. The predicted molar refractivity (Wildman–Crippen MR) is 68.1 cm³/mol. The Morgan fingerprint density at radius 3 is 2.60 bits per heavy atom. The monoisotopic (exact) mass is 285 g/mol. The number of anilines is 1. The molecule has 0 saturated heterocycles. The molecule has 4 nitrogen and oxygen atoms in total. The maximum absolute atomic E-state index is 12.8. The Morgan fingerprint density at radius 2 is 2.00 bits per heavy atom. The summed E-state index contributed by atoms with van der Waals surface area (Å²) in [6.45, 7) is 2.40. The summed E-state index contributed by atoms with van der Waals surface area (Å²) in [4.78, 5) is 0. The zero-order chi connectivity index (χ0) is 14.8. The van der Waals surface area contributed by atoms with E-state index in [9.17, 15) is 13.2 Å². The third kappa shape index (κ3) is 2.87. The van der Waals surface area contributed by atoms with Crippen molar-refractivity contribution in [1.29, 1.82) is 0 Å². The molecule has 0 saturated carbocycles. The molecule has 0 spiro atoms. The molecule has 0 radical (unpaired) electrons. The van der Waals surface area contributed by atoms with Crippen LogP contribution >= 0.6 is 0 Å². The Kier molecular flexibility index (Phi) is 3.87. The van der Waals surface area contributed by atoms with Crippen LogP contribution in [0.1, 0.15) is 18.1 Å². The Balaban J connectivity index is 2.17. The second-order valence-corrected chi connectivity index (χ2v) is 4.15. The third-order valence-corrected chi connectivity index (χ3v) is 2.84. The lowest BCUT2D eigenvalue weighted by molar-refractivity contribution is -0.139. The molecule has 2 N–H and O–H groups in total. The van der Waals surface area contributed by atoms with E-state index >= 15 is 0 Å². The highest BCUT2D eigenvalue weighted by Gasteiger charge is 2.34. The van der Waals surface area contributed by atoms with Gasteiger partial charge in [-0.05, 0) is 19.1 Å². The minimum atomic E-state index is -4.45. The van der Waals surface area contributed by atoms with Crippen molar-refractivity contribution in [2.75, 3.05) is 5.73 Å². The molecular formula is C13H14F3N3O. The largest absolute Gasteiger partial charge is 0.488 e. The number of nitrogens with zero attached hydrogens (tertiary/aromatic N) is 2. The van der Waals surface area contributed by atoms with Gasteiger partial charge in [-0.1, -0.05) is 12.1 Å². The van der Waals surface area contributed by atoms with Gasteiger partial charge < -0.3 is 10.5 Å². The molecular weight excluding hydrogens is 271 g/mol. The van der Waals surface area contributed by atoms with E-state index in [2.05, 4.69) is 5.10 Å². The van der Waals surface area contributed by atoms with Crippen molar-refractivity contribution < 1.29 is 17.9 Å². The lowest BCUT2D eigenvalue weighted by Crippen LogP contribution is -2.09. The number of alkyl halides is 3. The smallest absolute Gasteiger partial charge is 0.419 e. The summed E-state index contributed by atoms with van der Waals surface area (Å²) >= 11 is 0. The first-order valence-electron chi connectivity index (χ1n) is 6.02. The Hall–Kier alpha value is -2.18. The average Bonchev–Trinajstić information content (AvgIpc) is 2.76. The number of aryl methyl sites for hydroxylation is 1. The van der Waals surface area contributed by atoms with Crippen LogP contribution < -0.4 is 10.5 Å². The van der Waals surface area contributed by atoms with Crippen LogP contribution in [0, 0.1) is 0 Å². The first-order chi connectivity index (χ1) is 9.43. The standard InChI is InChI=1S/C13H14F3N3O/c1-2-19-12(17)9(7-18-19)8-20-11-6-4-3-5-10(11)13(14,15)16/h3-7H,2,8,17H2,1H3. The topological polar surface area (TPSA) is 53.1 Å². The van der Waals surface area contributed by atoms with E-state index in [-0.39, 0.29) is 12.4 Å². The Morgan fingerprint density at radius 1 is 1.30 bits per heavy atom. The number of para-hydroxylation sites is 1. The fraction of sp³-hybridized carbons (Fsp3) is 0.308. The average molecular weight is 285 g/mol. The summed E-state index contributed by atoms with van der Waals surface area (Å²) < 4.78 is 45.2. The van der Waals surface area contributed by atoms with Crippen LogP contribution in [-0.4, -0.2) is 9.78 Å². The van der Waals surface area contributed by atoms with Crippen molar-refractivity contribution in [3.05, 3.63) is 41.6 Å². The third-order valence-electron chi connectivity index (χ3n) is 2.84. The molecule has 0 fully saturated rings. The summed E-state index contributed by atoms with van der Waals surface area (Å²) in [5.41, 5.74) is 5.55. The first-order valence-corrected chi connectivity index (χ1v) is 6.02. The molecule has 0 aliphatic carbocycles. The van der Waals surface area contributed by atoms with Crippen molar-refractivity contribution >= 4 is 5.82 Å². The van der Waals surface area contributed by atoms with Crippen LogP contribution in [0.5, 0.6) is 5.75 Å². The highest BCUT2D eigenvalue weighted by atomic mass is 19.4. The number of nitrogen functional groups attached to an aromatic ring is 1. The van der Waals surface area contributed by atoms with Crippen molar-refractivity contribution in [2.24, 2.45) is 0 Å². The summed E-state index contributed by atoms with van der Waals surface area (Å²) in [6, 6.07) is 5.07. The van der Waals surface area contributed by atoms with E-state index in [0.29, 0.717) is 17.9 Å². The van der Waals surface area contributed by atoms with Gasteiger partial charge in [-0.3, -0.25) is 4.68 Å². The van der Waals surface area contributed by atoms with Gasteiger partial charge in [0.1, 0.15) is 18.2 Å². The number of benzene rings is 1. The number of ether oxygens (including phenoxy) is 1. The van der Waals surface area contributed by atoms with Crippen LogP contribution in [0.25, 0.3) is 0 Å². The van der Waals surface area contributed by atoms with Gasteiger partial charge in [0.2, 0.25) is 0 Å². The number of hydrogen-bond donors (Lipinski definition) is 1. The van der Waals surface area contributed by atoms with Crippen LogP contribution in [0.4, 0.5) is 19.0 Å². The minimum Gasteiger partial charge on any atom is -0.488 e. The molecule has 0 atom stereocenters.